The van der Waals surface area contributed by atoms with Crippen molar-refractivity contribution >= 4 is 28.3 Å². The predicted octanol–water partition coefficient (Wildman–Crippen LogP) is 4.42. The van der Waals surface area contributed by atoms with Crippen molar-refractivity contribution in [1.82, 2.24) is 15.3 Å². The van der Waals surface area contributed by atoms with Gasteiger partial charge in [0, 0.05) is 47.4 Å². The summed E-state index contributed by atoms with van der Waals surface area (Å²) < 4.78 is 11.5. The van der Waals surface area contributed by atoms with Gasteiger partial charge in [0.05, 0.1) is 18.4 Å². The maximum Gasteiger partial charge on any atom is 0.347 e. The number of Topliss-reactive ketones (excluding diaryl/α,β-unsaturated/α-hetero) is 1. The summed E-state index contributed by atoms with van der Waals surface area (Å²) >= 11 is 0. The van der Waals surface area contributed by atoms with Crippen LogP contribution in [-0.4, -0.2) is 35.4 Å². The van der Waals surface area contributed by atoms with Gasteiger partial charge in [-0.05, 0) is 31.0 Å². The van der Waals surface area contributed by atoms with Crippen molar-refractivity contribution in [2.75, 3.05) is 25.0 Å². The zero-order valence-electron chi connectivity index (χ0n) is 19.6. The maximum atomic E-state index is 12.8. The summed E-state index contributed by atoms with van der Waals surface area (Å²) in [5.41, 5.74) is 4.11. The number of aryl methyl sites for hydroxylation is 1. The number of hydrogen-bond acceptors (Lipinski definition) is 8. The third-order valence-electron chi connectivity index (χ3n) is 6.16. The second-order valence-corrected chi connectivity index (χ2v) is 8.43. The second-order valence-electron chi connectivity index (χ2n) is 8.43. The molecule has 1 aliphatic rings. The molecule has 0 radical (unpaired) electrons. The van der Waals surface area contributed by atoms with Gasteiger partial charge in [-0.15, -0.1) is 0 Å². The summed E-state index contributed by atoms with van der Waals surface area (Å²) in [4.78, 5) is 33.9. The van der Waals surface area contributed by atoms with E-state index in [0.29, 0.717) is 41.2 Å². The predicted molar refractivity (Wildman–Crippen MR) is 134 cm³/mol. The van der Waals surface area contributed by atoms with E-state index in [1.165, 1.54) is 18.8 Å². The molecule has 0 amide bonds. The van der Waals surface area contributed by atoms with Gasteiger partial charge < -0.3 is 19.8 Å². The number of fused-ring (bicyclic) bond motifs is 1. The van der Waals surface area contributed by atoms with E-state index in [0.717, 1.165) is 24.2 Å². The van der Waals surface area contributed by atoms with Crippen molar-refractivity contribution in [2.24, 2.45) is 0 Å². The van der Waals surface area contributed by atoms with Crippen LogP contribution >= 0.6 is 0 Å². The number of nitrogens with one attached hydrogen (secondary N) is 2. The van der Waals surface area contributed by atoms with Crippen LogP contribution in [0.4, 0.5) is 11.5 Å². The zero-order valence-corrected chi connectivity index (χ0v) is 19.6. The second kappa shape index (κ2) is 9.77. The first-order valence-electron chi connectivity index (χ1n) is 11.7. The fourth-order valence-corrected chi connectivity index (χ4v) is 4.52. The highest BCUT2D eigenvalue weighted by molar-refractivity contribution is 6.00. The Morgan fingerprint density at radius 1 is 1.17 bits per heavy atom. The van der Waals surface area contributed by atoms with Gasteiger partial charge in [0.25, 0.3) is 0 Å². The van der Waals surface area contributed by atoms with Crippen molar-refractivity contribution in [3.63, 3.8) is 0 Å². The number of nitrogens with zero attached hydrogens (tertiary/aromatic N) is 2. The summed E-state index contributed by atoms with van der Waals surface area (Å²) in [6.45, 7) is 5.23. The maximum absolute atomic E-state index is 12.8. The van der Waals surface area contributed by atoms with E-state index in [1.54, 1.807) is 6.07 Å². The molecule has 4 aromatic rings. The Morgan fingerprint density at radius 2 is 2.03 bits per heavy atom. The molecule has 1 saturated heterocycles. The Balaban J connectivity index is 1.53. The van der Waals surface area contributed by atoms with Gasteiger partial charge in [-0.2, -0.15) is 0 Å². The molecular formula is C27H26N4O4. The monoisotopic (exact) mass is 470 g/mol. The van der Waals surface area contributed by atoms with Crippen LogP contribution in [0.3, 0.4) is 0 Å². The van der Waals surface area contributed by atoms with Gasteiger partial charge in [-0.1, -0.05) is 31.2 Å². The summed E-state index contributed by atoms with van der Waals surface area (Å²) in [5.74, 6) is 0.274. The minimum atomic E-state index is -0.660. The van der Waals surface area contributed by atoms with Crippen molar-refractivity contribution in [3.8, 4) is 11.3 Å². The van der Waals surface area contributed by atoms with E-state index in [4.69, 9.17) is 9.15 Å². The molecule has 178 valence electrons. The SMILES string of the molecule is CCc1ccccc1-c1cc(Nc2ccc3c(C4CNCCO4)c(C(C)=O)c(=O)oc3c2)ncn1. The Bertz CT molecular complexity index is 1460. The van der Waals surface area contributed by atoms with E-state index >= 15 is 0 Å². The highest BCUT2D eigenvalue weighted by Crippen LogP contribution is 2.32. The summed E-state index contributed by atoms with van der Waals surface area (Å²) in [6.07, 6.45) is 2.02. The minimum Gasteiger partial charge on any atom is -0.422 e. The Labute approximate surface area is 202 Å². The number of carbonyl (C=O) groups excluding carboxylic acids is 1. The van der Waals surface area contributed by atoms with E-state index in [1.807, 2.05) is 36.4 Å². The van der Waals surface area contributed by atoms with E-state index in [2.05, 4.69) is 33.6 Å². The standard InChI is InChI=1S/C27H26N4O4/c1-3-17-6-4-5-7-19(17)21-13-24(30-15-29-21)31-18-8-9-20-22(12-18)35-27(33)25(16(2)32)26(20)23-14-28-10-11-34-23/h4-9,12-13,15,23,28H,3,10-11,14H2,1-2H3,(H,29,30,31). The number of anilines is 2. The van der Waals surface area contributed by atoms with Crippen LogP contribution in [0.15, 0.2) is 64.1 Å². The number of hydrogen-bond donors (Lipinski definition) is 2. The van der Waals surface area contributed by atoms with Crippen molar-refractivity contribution in [1.29, 1.82) is 0 Å². The summed E-state index contributed by atoms with van der Waals surface area (Å²) in [5, 5.41) is 7.21. The molecule has 2 aromatic heterocycles. The molecule has 35 heavy (non-hydrogen) atoms. The number of ether oxygens (including phenoxy) is 1. The third kappa shape index (κ3) is 4.58. The lowest BCUT2D eigenvalue weighted by atomic mass is 9.96. The van der Waals surface area contributed by atoms with Gasteiger partial charge in [0.1, 0.15) is 23.3 Å². The van der Waals surface area contributed by atoms with E-state index < -0.39 is 11.7 Å². The van der Waals surface area contributed by atoms with Crippen LogP contribution in [0.1, 0.15) is 41.4 Å². The molecule has 1 unspecified atom stereocenters. The van der Waals surface area contributed by atoms with Crippen LogP contribution in [0, 0.1) is 0 Å². The molecule has 1 fully saturated rings. The molecule has 0 spiro atoms. The highest BCUT2D eigenvalue weighted by Gasteiger charge is 2.27. The first-order valence-corrected chi connectivity index (χ1v) is 11.7. The molecule has 3 heterocycles. The molecule has 1 aliphatic heterocycles. The molecule has 0 aliphatic carbocycles. The fourth-order valence-electron chi connectivity index (χ4n) is 4.52. The van der Waals surface area contributed by atoms with E-state index in [9.17, 15) is 9.59 Å². The number of carbonyl (C=O) groups is 1. The van der Waals surface area contributed by atoms with Gasteiger partial charge in [-0.3, -0.25) is 4.79 Å². The summed E-state index contributed by atoms with van der Waals surface area (Å²) in [6, 6.07) is 15.5. The molecule has 5 rings (SSSR count). The number of rotatable bonds is 6. The third-order valence-corrected chi connectivity index (χ3v) is 6.16. The largest absolute Gasteiger partial charge is 0.422 e. The number of morpholine rings is 1. The van der Waals surface area contributed by atoms with Gasteiger partial charge in [-0.25, -0.2) is 14.8 Å². The zero-order chi connectivity index (χ0) is 24.4. The van der Waals surface area contributed by atoms with Gasteiger partial charge >= 0.3 is 5.63 Å². The van der Waals surface area contributed by atoms with Crippen molar-refractivity contribution in [3.05, 3.63) is 82.0 Å². The Kier molecular flexibility index (Phi) is 6.39. The minimum absolute atomic E-state index is 0.0435. The average Bonchev–Trinajstić information content (AvgIpc) is 2.88. The summed E-state index contributed by atoms with van der Waals surface area (Å²) in [7, 11) is 0. The van der Waals surface area contributed by atoms with Crippen LogP contribution in [0.2, 0.25) is 0 Å². The van der Waals surface area contributed by atoms with Crippen molar-refractivity contribution in [2.45, 2.75) is 26.4 Å². The lowest BCUT2D eigenvalue weighted by Gasteiger charge is -2.26. The lowest BCUT2D eigenvalue weighted by Crippen LogP contribution is -2.35. The first kappa shape index (κ1) is 22.9. The Morgan fingerprint density at radius 3 is 2.80 bits per heavy atom. The van der Waals surface area contributed by atoms with Crippen LogP contribution < -0.4 is 16.3 Å². The fraction of sp³-hybridized carbons (Fsp3) is 0.259. The molecule has 1 atom stereocenters. The average molecular weight is 471 g/mol. The topological polar surface area (TPSA) is 106 Å². The van der Waals surface area contributed by atoms with Crippen LogP contribution in [0.5, 0.6) is 0 Å². The normalized spacial score (nSPS) is 15.8. The molecule has 2 N–H and O–H groups in total. The molecule has 8 heteroatoms. The van der Waals surface area contributed by atoms with Crippen LogP contribution in [-0.2, 0) is 11.2 Å². The molecule has 0 bridgehead atoms. The Hall–Kier alpha value is -3.88. The number of ketones is 1. The van der Waals surface area contributed by atoms with Crippen molar-refractivity contribution < 1.29 is 13.9 Å². The van der Waals surface area contributed by atoms with Gasteiger partial charge in [0.2, 0.25) is 0 Å². The quantitative estimate of drug-likeness (QED) is 0.315. The molecule has 0 saturated carbocycles. The number of benzene rings is 2. The molecule has 8 nitrogen and oxygen atoms in total. The van der Waals surface area contributed by atoms with Crippen LogP contribution in [0.25, 0.3) is 22.2 Å². The smallest absolute Gasteiger partial charge is 0.347 e. The van der Waals surface area contributed by atoms with Gasteiger partial charge in [0.15, 0.2) is 5.78 Å². The first-order chi connectivity index (χ1) is 17.0. The molecule has 2 aromatic carbocycles. The lowest BCUT2D eigenvalue weighted by molar-refractivity contribution is 0.0277. The highest BCUT2D eigenvalue weighted by atomic mass is 16.5. The number of aromatic nitrogens is 2. The van der Waals surface area contributed by atoms with E-state index in [-0.39, 0.29) is 11.3 Å². The molecular weight excluding hydrogens is 444 g/mol.